The Labute approximate surface area is 126 Å². The molecule has 0 saturated carbocycles. The van der Waals surface area contributed by atoms with E-state index in [4.69, 9.17) is 0 Å². The maximum atomic E-state index is 12.0. The first-order valence-corrected chi connectivity index (χ1v) is 7.66. The van der Waals surface area contributed by atoms with Crippen molar-refractivity contribution in [2.45, 2.75) is 13.8 Å². The first kappa shape index (κ1) is 15.7. The molecule has 1 saturated heterocycles. The van der Waals surface area contributed by atoms with Gasteiger partial charge in [0.25, 0.3) is 0 Å². The summed E-state index contributed by atoms with van der Waals surface area (Å²) in [4.78, 5) is 20.7. The number of nitrogens with one attached hydrogen (secondary N) is 2. The summed E-state index contributed by atoms with van der Waals surface area (Å²) in [6.07, 6.45) is 1.73. The molecular weight excluding hydrogens is 266 g/mol. The fraction of sp³-hybridized carbons (Fsp3) is 0.600. The van der Waals surface area contributed by atoms with Crippen LogP contribution in [0.15, 0.2) is 18.3 Å². The zero-order chi connectivity index (χ0) is 15.1. The second kappa shape index (κ2) is 7.95. The van der Waals surface area contributed by atoms with Crippen LogP contribution in [0.2, 0.25) is 0 Å². The zero-order valence-electron chi connectivity index (χ0n) is 12.9. The van der Waals surface area contributed by atoms with Crippen molar-refractivity contribution in [3.8, 4) is 0 Å². The van der Waals surface area contributed by atoms with Crippen molar-refractivity contribution in [1.29, 1.82) is 0 Å². The van der Waals surface area contributed by atoms with Crippen molar-refractivity contribution in [2.24, 2.45) is 0 Å². The number of hydrogen-bond acceptors (Lipinski definition) is 5. The summed E-state index contributed by atoms with van der Waals surface area (Å²) >= 11 is 0. The Morgan fingerprint density at radius 1 is 1.33 bits per heavy atom. The molecule has 1 amide bonds. The molecule has 116 valence electrons. The van der Waals surface area contributed by atoms with Gasteiger partial charge in [-0.25, -0.2) is 4.98 Å². The van der Waals surface area contributed by atoms with Crippen LogP contribution in [0.3, 0.4) is 0 Å². The van der Waals surface area contributed by atoms with E-state index in [-0.39, 0.29) is 5.91 Å². The molecule has 1 fully saturated rings. The molecule has 0 spiro atoms. The van der Waals surface area contributed by atoms with Gasteiger partial charge >= 0.3 is 0 Å². The average molecular weight is 291 g/mol. The van der Waals surface area contributed by atoms with E-state index in [0.717, 1.165) is 50.8 Å². The van der Waals surface area contributed by atoms with E-state index >= 15 is 0 Å². The molecule has 6 nitrogen and oxygen atoms in total. The van der Waals surface area contributed by atoms with E-state index in [1.807, 2.05) is 12.1 Å². The van der Waals surface area contributed by atoms with Crippen LogP contribution in [0.25, 0.3) is 0 Å². The maximum absolute atomic E-state index is 12.0. The minimum atomic E-state index is 0.0225. The summed E-state index contributed by atoms with van der Waals surface area (Å²) in [7, 11) is 0. The van der Waals surface area contributed by atoms with Crippen molar-refractivity contribution in [3.05, 3.63) is 18.3 Å². The molecule has 21 heavy (non-hydrogen) atoms. The molecule has 2 heterocycles. The van der Waals surface area contributed by atoms with E-state index in [9.17, 15) is 4.79 Å². The van der Waals surface area contributed by atoms with E-state index in [1.54, 1.807) is 6.20 Å². The van der Waals surface area contributed by atoms with Gasteiger partial charge in [0.2, 0.25) is 5.91 Å². The molecule has 6 heteroatoms. The van der Waals surface area contributed by atoms with Gasteiger partial charge in [0.05, 0.1) is 18.4 Å². The lowest BCUT2D eigenvalue weighted by atomic mass is 10.3. The Morgan fingerprint density at radius 3 is 2.62 bits per heavy atom. The molecule has 0 unspecified atom stereocenters. The van der Waals surface area contributed by atoms with Gasteiger partial charge in [0.15, 0.2) is 0 Å². The van der Waals surface area contributed by atoms with Crippen LogP contribution in [0.1, 0.15) is 13.8 Å². The number of nitrogens with zero attached hydrogens (tertiary/aromatic N) is 3. The molecule has 0 bridgehead atoms. The maximum Gasteiger partial charge on any atom is 0.238 e. The molecule has 1 aromatic heterocycles. The number of hydrogen-bond donors (Lipinski definition) is 2. The Morgan fingerprint density at radius 2 is 2.05 bits per heavy atom. The molecule has 1 aliphatic rings. The second-order valence-electron chi connectivity index (χ2n) is 5.15. The lowest BCUT2D eigenvalue weighted by molar-refractivity contribution is -0.117. The van der Waals surface area contributed by atoms with Gasteiger partial charge < -0.3 is 15.5 Å². The highest BCUT2D eigenvalue weighted by Crippen LogP contribution is 2.13. The summed E-state index contributed by atoms with van der Waals surface area (Å²) in [6.45, 7) is 10.3. The predicted molar refractivity (Wildman–Crippen MR) is 85.7 cm³/mol. The van der Waals surface area contributed by atoms with Crippen molar-refractivity contribution in [3.63, 3.8) is 0 Å². The number of rotatable bonds is 6. The number of carbonyl (C=O) groups is 1. The Bertz CT molecular complexity index is 438. The zero-order valence-corrected chi connectivity index (χ0v) is 12.9. The summed E-state index contributed by atoms with van der Waals surface area (Å²) in [5.74, 6) is 0.967. The topological polar surface area (TPSA) is 60.5 Å². The number of amides is 1. The van der Waals surface area contributed by atoms with Crippen LogP contribution in [0, 0.1) is 0 Å². The van der Waals surface area contributed by atoms with E-state index in [0.29, 0.717) is 6.54 Å². The van der Waals surface area contributed by atoms with E-state index < -0.39 is 0 Å². The minimum Gasteiger partial charge on any atom is -0.357 e. The van der Waals surface area contributed by atoms with Crippen LogP contribution in [-0.4, -0.2) is 61.6 Å². The smallest absolute Gasteiger partial charge is 0.238 e. The standard InChI is InChI=1S/C15H25N5O/c1-3-20(4-2)14-6-5-13(11-17-14)18-15(21)12-19-9-7-16-8-10-19/h5-6,11,16H,3-4,7-10,12H2,1-2H3,(H,18,21). The molecule has 0 atom stereocenters. The van der Waals surface area contributed by atoms with Gasteiger partial charge in [-0.3, -0.25) is 9.69 Å². The van der Waals surface area contributed by atoms with Gasteiger partial charge in [0, 0.05) is 39.3 Å². The van der Waals surface area contributed by atoms with Crippen molar-refractivity contribution < 1.29 is 4.79 Å². The summed E-state index contributed by atoms with van der Waals surface area (Å²) in [5.41, 5.74) is 0.756. The molecule has 2 rings (SSSR count). The summed E-state index contributed by atoms with van der Waals surface area (Å²) < 4.78 is 0. The van der Waals surface area contributed by atoms with Crippen LogP contribution in [0.5, 0.6) is 0 Å². The van der Waals surface area contributed by atoms with Crippen LogP contribution < -0.4 is 15.5 Å². The van der Waals surface area contributed by atoms with Gasteiger partial charge in [-0.2, -0.15) is 0 Å². The molecule has 0 aliphatic carbocycles. The van der Waals surface area contributed by atoms with Crippen LogP contribution in [0.4, 0.5) is 11.5 Å². The Balaban J connectivity index is 1.86. The van der Waals surface area contributed by atoms with Gasteiger partial charge in [-0.1, -0.05) is 0 Å². The Hall–Kier alpha value is -1.66. The third-order valence-corrected chi connectivity index (χ3v) is 3.70. The number of piperazine rings is 1. The highest BCUT2D eigenvalue weighted by atomic mass is 16.2. The van der Waals surface area contributed by atoms with Crippen LogP contribution >= 0.6 is 0 Å². The highest BCUT2D eigenvalue weighted by Gasteiger charge is 2.13. The quantitative estimate of drug-likeness (QED) is 0.811. The van der Waals surface area contributed by atoms with Gasteiger partial charge in [-0.15, -0.1) is 0 Å². The molecule has 1 aromatic rings. The third-order valence-electron chi connectivity index (χ3n) is 3.70. The third kappa shape index (κ3) is 4.68. The molecule has 0 aromatic carbocycles. The SMILES string of the molecule is CCN(CC)c1ccc(NC(=O)CN2CCNCC2)cn1. The largest absolute Gasteiger partial charge is 0.357 e. The number of carbonyl (C=O) groups excluding carboxylic acids is 1. The fourth-order valence-electron chi connectivity index (χ4n) is 2.47. The van der Waals surface area contributed by atoms with Crippen molar-refractivity contribution in [1.82, 2.24) is 15.2 Å². The monoisotopic (exact) mass is 291 g/mol. The molecule has 1 aliphatic heterocycles. The number of pyridine rings is 1. The molecular formula is C15H25N5O. The van der Waals surface area contributed by atoms with Gasteiger partial charge in [-0.05, 0) is 26.0 Å². The number of anilines is 2. The fourth-order valence-corrected chi connectivity index (χ4v) is 2.47. The first-order chi connectivity index (χ1) is 10.2. The molecule has 2 N–H and O–H groups in total. The minimum absolute atomic E-state index is 0.0225. The van der Waals surface area contributed by atoms with Crippen molar-refractivity contribution >= 4 is 17.4 Å². The predicted octanol–water partition coefficient (Wildman–Crippen LogP) is 0.772. The summed E-state index contributed by atoms with van der Waals surface area (Å²) in [6, 6.07) is 3.86. The van der Waals surface area contributed by atoms with E-state index in [2.05, 4.69) is 39.3 Å². The lowest BCUT2D eigenvalue weighted by Crippen LogP contribution is -2.46. The van der Waals surface area contributed by atoms with E-state index in [1.165, 1.54) is 0 Å². The lowest BCUT2D eigenvalue weighted by Gasteiger charge is -2.26. The molecule has 0 radical (unpaired) electrons. The van der Waals surface area contributed by atoms with Gasteiger partial charge in [0.1, 0.15) is 5.82 Å². The first-order valence-electron chi connectivity index (χ1n) is 7.66. The normalized spacial score (nSPS) is 15.7. The highest BCUT2D eigenvalue weighted by molar-refractivity contribution is 5.92. The Kier molecular flexibility index (Phi) is 5.95. The summed E-state index contributed by atoms with van der Waals surface area (Å²) in [5, 5.41) is 6.19. The van der Waals surface area contributed by atoms with Crippen LogP contribution in [-0.2, 0) is 4.79 Å². The van der Waals surface area contributed by atoms with Crippen molar-refractivity contribution in [2.75, 3.05) is 56.0 Å². The average Bonchev–Trinajstić information content (AvgIpc) is 2.51. The second-order valence-corrected chi connectivity index (χ2v) is 5.15. The number of aromatic nitrogens is 1.